The van der Waals surface area contributed by atoms with Gasteiger partial charge in [0.1, 0.15) is 22.3 Å². The third-order valence-corrected chi connectivity index (χ3v) is 5.76. The molecule has 0 spiro atoms. The summed E-state index contributed by atoms with van der Waals surface area (Å²) in [5.74, 6) is 1.10. The maximum absolute atomic E-state index is 12.1. The van der Waals surface area contributed by atoms with Crippen molar-refractivity contribution in [1.82, 2.24) is 25.6 Å². The van der Waals surface area contributed by atoms with E-state index in [1.165, 1.54) is 11.3 Å². The number of imidazole rings is 1. The molecule has 0 saturated heterocycles. The van der Waals surface area contributed by atoms with Crippen LogP contribution in [-0.4, -0.2) is 40.0 Å². The van der Waals surface area contributed by atoms with E-state index in [9.17, 15) is 4.79 Å². The molecule has 31 heavy (non-hydrogen) atoms. The van der Waals surface area contributed by atoms with Gasteiger partial charge in [-0.1, -0.05) is 30.3 Å². The summed E-state index contributed by atoms with van der Waals surface area (Å²) in [5, 5.41) is 7.39. The number of aromatic nitrogens is 3. The molecular formula is C22H28N6O2S. The van der Waals surface area contributed by atoms with Crippen LogP contribution in [0.3, 0.4) is 0 Å². The zero-order chi connectivity index (χ0) is 22.2. The zero-order valence-electron chi connectivity index (χ0n) is 18.2. The van der Waals surface area contributed by atoms with Crippen molar-refractivity contribution in [2.75, 3.05) is 13.2 Å². The summed E-state index contributed by atoms with van der Waals surface area (Å²) in [5.41, 5.74) is 2.72. The lowest BCUT2D eigenvalue weighted by Crippen LogP contribution is -2.38. The Kier molecular flexibility index (Phi) is 7.77. The van der Waals surface area contributed by atoms with Crippen molar-refractivity contribution in [2.24, 2.45) is 4.99 Å². The molecule has 2 aromatic heterocycles. The summed E-state index contributed by atoms with van der Waals surface area (Å²) in [6.45, 7) is 9.07. The van der Waals surface area contributed by atoms with Crippen molar-refractivity contribution in [3.63, 3.8) is 0 Å². The predicted octanol–water partition coefficient (Wildman–Crippen LogP) is 3.83. The average Bonchev–Trinajstić information content (AvgIpc) is 3.40. The molecule has 1 unspecified atom stereocenters. The predicted molar refractivity (Wildman–Crippen MR) is 123 cm³/mol. The largest absolute Gasteiger partial charge is 0.462 e. The molecule has 0 bridgehead atoms. The molecule has 9 heteroatoms. The van der Waals surface area contributed by atoms with Gasteiger partial charge in [-0.3, -0.25) is 0 Å². The number of guanidine groups is 1. The number of H-pyrrole nitrogens is 1. The summed E-state index contributed by atoms with van der Waals surface area (Å²) >= 11 is 1.34. The summed E-state index contributed by atoms with van der Waals surface area (Å²) in [6, 6.07) is 9.93. The van der Waals surface area contributed by atoms with Gasteiger partial charge in [0.2, 0.25) is 0 Å². The SMILES string of the molecule is CCNC(=NCc1ncc(-c2ccccc2)[nH]1)NC(C)c1nc(C)c(C(=O)OCC)s1. The highest BCUT2D eigenvalue weighted by Gasteiger charge is 2.20. The number of benzene rings is 1. The average molecular weight is 441 g/mol. The number of hydrogen-bond acceptors (Lipinski definition) is 6. The molecule has 0 saturated carbocycles. The number of carbonyl (C=O) groups is 1. The van der Waals surface area contributed by atoms with Gasteiger partial charge >= 0.3 is 5.97 Å². The van der Waals surface area contributed by atoms with E-state index >= 15 is 0 Å². The second-order valence-corrected chi connectivity index (χ2v) is 7.89. The molecule has 3 rings (SSSR count). The van der Waals surface area contributed by atoms with Crippen LogP contribution < -0.4 is 10.6 Å². The molecule has 3 N–H and O–H groups in total. The van der Waals surface area contributed by atoms with Gasteiger partial charge < -0.3 is 20.4 Å². The van der Waals surface area contributed by atoms with E-state index in [2.05, 4.69) is 30.6 Å². The molecule has 3 aromatic rings. The molecule has 0 aliphatic heterocycles. The van der Waals surface area contributed by atoms with Gasteiger partial charge in [-0.25, -0.2) is 19.8 Å². The molecule has 0 aliphatic carbocycles. The normalized spacial score (nSPS) is 12.5. The quantitative estimate of drug-likeness (QED) is 0.279. The molecule has 0 fully saturated rings. The van der Waals surface area contributed by atoms with Crippen molar-refractivity contribution in [3.8, 4) is 11.3 Å². The van der Waals surface area contributed by atoms with Crippen molar-refractivity contribution >= 4 is 23.3 Å². The Bertz CT molecular complexity index is 1030. The Morgan fingerprint density at radius 2 is 2.06 bits per heavy atom. The number of hydrogen-bond donors (Lipinski definition) is 3. The number of carbonyl (C=O) groups excluding carboxylic acids is 1. The lowest BCUT2D eigenvalue weighted by atomic mass is 10.2. The van der Waals surface area contributed by atoms with Crippen molar-refractivity contribution < 1.29 is 9.53 Å². The third kappa shape index (κ3) is 5.91. The zero-order valence-corrected chi connectivity index (χ0v) is 19.0. The number of rotatable bonds is 8. The second kappa shape index (κ2) is 10.7. The fourth-order valence-electron chi connectivity index (χ4n) is 2.94. The monoisotopic (exact) mass is 440 g/mol. The van der Waals surface area contributed by atoms with E-state index in [4.69, 9.17) is 4.74 Å². The van der Waals surface area contributed by atoms with Gasteiger partial charge in [0.15, 0.2) is 5.96 Å². The van der Waals surface area contributed by atoms with E-state index in [1.807, 2.05) is 57.3 Å². The van der Waals surface area contributed by atoms with Crippen LogP contribution in [0.1, 0.15) is 53.0 Å². The third-order valence-electron chi connectivity index (χ3n) is 4.44. The van der Waals surface area contributed by atoms with Crippen LogP contribution in [-0.2, 0) is 11.3 Å². The Labute approximate surface area is 186 Å². The lowest BCUT2D eigenvalue weighted by molar-refractivity contribution is 0.0531. The first-order valence-corrected chi connectivity index (χ1v) is 11.1. The van der Waals surface area contributed by atoms with E-state index < -0.39 is 0 Å². The molecule has 0 amide bonds. The molecule has 1 atom stereocenters. The Balaban J connectivity index is 1.68. The van der Waals surface area contributed by atoms with E-state index in [1.54, 1.807) is 6.92 Å². The van der Waals surface area contributed by atoms with Crippen LogP contribution in [0.4, 0.5) is 0 Å². The summed E-state index contributed by atoms with van der Waals surface area (Å²) < 4.78 is 5.11. The fourth-order valence-corrected chi connectivity index (χ4v) is 3.90. The smallest absolute Gasteiger partial charge is 0.350 e. The number of esters is 1. The molecular weight excluding hydrogens is 412 g/mol. The first kappa shape index (κ1) is 22.5. The Hall–Kier alpha value is -3.20. The maximum atomic E-state index is 12.1. The fraction of sp³-hybridized carbons (Fsp3) is 0.364. The van der Waals surface area contributed by atoms with Crippen LogP contribution >= 0.6 is 11.3 Å². The van der Waals surface area contributed by atoms with Crippen LogP contribution in [0.2, 0.25) is 0 Å². The number of aliphatic imine (C=N–C) groups is 1. The summed E-state index contributed by atoms with van der Waals surface area (Å²) in [6.07, 6.45) is 1.82. The number of aromatic amines is 1. The van der Waals surface area contributed by atoms with Crippen LogP contribution in [0.5, 0.6) is 0 Å². The first-order valence-electron chi connectivity index (χ1n) is 10.3. The van der Waals surface area contributed by atoms with Crippen molar-refractivity contribution in [2.45, 2.75) is 40.3 Å². The van der Waals surface area contributed by atoms with Crippen molar-refractivity contribution in [3.05, 3.63) is 57.9 Å². The Morgan fingerprint density at radius 1 is 1.29 bits per heavy atom. The van der Waals surface area contributed by atoms with Gasteiger partial charge in [0.25, 0.3) is 0 Å². The molecule has 8 nitrogen and oxygen atoms in total. The molecule has 1 aromatic carbocycles. The van der Waals surface area contributed by atoms with Gasteiger partial charge in [-0.05, 0) is 33.3 Å². The molecule has 0 radical (unpaired) electrons. The number of nitrogens with zero attached hydrogens (tertiary/aromatic N) is 3. The van der Waals surface area contributed by atoms with Crippen LogP contribution in [0.25, 0.3) is 11.3 Å². The highest BCUT2D eigenvalue weighted by atomic mass is 32.1. The van der Waals surface area contributed by atoms with Gasteiger partial charge in [-0.15, -0.1) is 11.3 Å². The highest BCUT2D eigenvalue weighted by Crippen LogP contribution is 2.24. The summed E-state index contributed by atoms with van der Waals surface area (Å²) in [4.78, 5) is 29.5. The first-order chi connectivity index (χ1) is 15.0. The maximum Gasteiger partial charge on any atom is 0.350 e. The molecule has 164 valence electrons. The standard InChI is InChI=1S/C22H28N6O2S/c1-5-23-22(25-13-18-24-12-17(28-18)16-10-8-7-9-11-16)27-15(4)20-26-14(3)19(31-20)21(29)30-6-2/h7-12,15H,5-6,13H2,1-4H3,(H,24,28)(H2,23,25,27). The van der Waals surface area contributed by atoms with E-state index in [0.717, 1.165) is 28.6 Å². The van der Waals surface area contributed by atoms with Gasteiger partial charge in [0.05, 0.1) is 30.2 Å². The minimum atomic E-state index is -0.330. The van der Waals surface area contributed by atoms with Gasteiger partial charge in [0, 0.05) is 6.54 Å². The lowest BCUT2D eigenvalue weighted by Gasteiger charge is -2.15. The molecule has 0 aliphatic rings. The molecule has 2 heterocycles. The van der Waals surface area contributed by atoms with Crippen LogP contribution in [0, 0.1) is 6.92 Å². The minimum Gasteiger partial charge on any atom is -0.462 e. The highest BCUT2D eigenvalue weighted by molar-refractivity contribution is 7.13. The van der Waals surface area contributed by atoms with Crippen molar-refractivity contribution in [1.29, 1.82) is 0 Å². The number of nitrogens with one attached hydrogen (secondary N) is 3. The van der Waals surface area contributed by atoms with Crippen LogP contribution in [0.15, 0.2) is 41.5 Å². The van der Waals surface area contributed by atoms with E-state index in [0.29, 0.717) is 29.7 Å². The summed E-state index contributed by atoms with van der Waals surface area (Å²) in [7, 11) is 0. The number of thiazole rings is 1. The van der Waals surface area contributed by atoms with Gasteiger partial charge in [-0.2, -0.15) is 0 Å². The minimum absolute atomic E-state index is 0.124. The Morgan fingerprint density at radius 3 is 2.77 bits per heavy atom. The number of aryl methyl sites for hydroxylation is 1. The second-order valence-electron chi connectivity index (χ2n) is 6.86. The van der Waals surface area contributed by atoms with E-state index in [-0.39, 0.29) is 12.0 Å². The topological polar surface area (TPSA) is 104 Å². The number of ether oxygens (including phenoxy) is 1.